The van der Waals surface area contributed by atoms with Crippen LogP contribution in [0.25, 0.3) is 0 Å². The van der Waals surface area contributed by atoms with Gasteiger partial charge in [-0.3, -0.25) is 4.68 Å². The van der Waals surface area contributed by atoms with Gasteiger partial charge in [-0.2, -0.15) is 0 Å². The summed E-state index contributed by atoms with van der Waals surface area (Å²) >= 11 is 0. The minimum Gasteiger partial charge on any atom is -0.480 e. The average molecular weight is 294 g/mol. The van der Waals surface area contributed by atoms with Crippen LogP contribution in [0.3, 0.4) is 0 Å². The summed E-state index contributed by atoms with van der Waals surface area (Å²) in [5.74, 6) is 0.739. The second-order valence-electron chi connectivity index (χ2n) is 6.52. The number of hydrogen-bond donors (Lipinski definition) is 0. The summed E-state index contributed by atoms with van der Waals surface area (Å²) in [5, 5.41) is 4.46. The van der Waals surface area contributed by atoms with Crippen LogP contribution >= 0.6 is 0 Å². The molecule has 1 aromatic rings. The van der Waals surface area contributed by atoms with E-state index in [2.05, 4.69) is 31.9 Å². The number of aromatic nitrogens is 2. The Kier molecular flexibility index (Phi) is 7.84. The summed E-state index contributed by atoms with van der Waals surface area (Å²) in [6.45, 7) is 6.95. The van der Waals surface area contributed by atoms with Gasteiger partial charge in [-0.25, -0.2) is 0 Å². The van der Waals surface area contributed by atoms with Crippen LogP contribution in [0.5, 0.6) is 5.88 Å². The number of hydrogen-bond acceptors (Lipinski definition) is 2. The molecule has 0 spiro atoms. The SMILES string of the molecule is CCCCCCC(C)(CCCCC)c1cc(OC)nn1C. The first-order chi connectivity index (χ1) is 10.1. The van der Waals surface area contributed by atoms with Crippen LogP contribution in [0.4, 0.5) is 0 Å². The predicted molar refractivity (Wildman–Crippen MR) is 90.0 cm³/mol. The van der Waals surface area contributed by atoms with Crippen LogP contribution < -0.4 is 4.74 Å². The van der Waals surface area contributed by atoms with Gasteiger partial charge < -0.3 is 4.74 Å². The Morgan fingerprint density at radius 1 is 1.05 bits per heavy atom. The fourth-order valence-electron chi connectivity index (χ4n) is 3.19. The molecule has 122 valence electrons. The van der Waals surface area contributed by atoms with Crippen LogP contribution in [-0.2, 0) is 12.5 Å². The van der Waals surface area contributed by atoms with Crippen molar-refractivity contribution in [2.24, 2.45) is 7.05 Å². The highest BCUT2D eigenvalue weighted by Crippen LogP contribution is 2.36. The van der Waals surface area contributed by atoms with Crippen molar-refractivity contribution in [2.45, 2.75) is 84.0 Å². The van der Waals surface area contributed by atoms with Crippen LogP contribution in [0.15, 0.2) is 6.07 Å². The Bertz CT molecular complexity index is 400. The van der Waals surface area contributed by atoms with Gasteiger partial charge in [-0.1, -0.05) is 65.7 Å². The van der Waals surface area contributed by atoms with Crippen LogP contribution in [0.2, 0.25) is 0 Å². The first kappa shape index (κ1) is 18.1. The van der Waals surface area contributed by atoms with E-state index in [9.17, 15) is 0 Å². The Morgan fingerprint density at radius 2 is 1.62 bits per heavy atom. The summed E-state index contributed by atoms with van der Waals surface area (Å²) in [6, 6.07) is 2.13. The van der Waals surface area contributed by atoms with Gasteiger partial charge in [-0.05, 0) is 12.8 Å². The first-order valence-electron chi connectivity index (χ1n) is 8.66. The lowest BCUT2D eigenvalue weighted by Gasteiger charge is -2.30. The smallest absolute Gasteiger partial charge is 0.232 e. The molecule has 3 nitrogen and oxygen atoms in total. The minimum absolute atomic E-state index is 0.224. The molecule has 0 N–H and O–H groups in total. The van der Waals surface area contributed by atoms with Crippen molar-refractivity contribution < 1.29 is 4.74 Å². The van der Waals surface area contributed by atoms with Gasteiger partial charge in [0.25, 0.3) is 0 Å². The summed E-state index contributed by atoms with van der Waals surface area (Å²) in [6.07, 6.45) is 11.7. The number of nitrogens with zero attached hydrogens (tertiary/aromatic N) is 2. The molecule has 0 bridgehead atoms. The minimum atomic E-state index is 0.224. The molecule has 0 aromatic carbocycles. The summed E-state index contributed by atoms with van der Waals surface area (Å²) in [5.41, 5.74) is 1.55. The van der Waals surface area contributed by atoms with E-state index in [1.54, 1.807) is 7.11 Å². The second kappa shape index (κ2) is 9.11. The van der Waals surface area contributed by atoms with Gasteiger partial charge in [0, 0.05) is 24.2 Å². The zero-order valence-electron chi connectivity index (χ0n) is 14.7. The Morgan fingerprint density at radius 3 is 2.14 bits per heavy atom. The molecule has 0 amide bonds. The molecule has 1 rings (SSSR count). The number of unbranched alkanes of at least 4 members (excludes halogenated alkanes) is 5. The van der Waals surface area contributed by atoms with Gasteiger partial charge >= 0.3 is 0 Å². The first-order valence-corrected chi connectivity index (χ1v) is 8.66. The maximum Gasteiger partial charge on any atom is 0.232 e. The second-order valence-corrected chi connectivity index (χ2v) is 6.52. The Balaban J connectivity index is 2.80. The Hall–Kier alpha value is -0.990. The molecule has 0 saturated carbocycles. The van der Waals surface area contributed by atoms with Crippen molar-refractivity contribution in [3.8, 4) is 5.88 Å². The Labute approximate surface area is 131 Å². The predicted octanol–water partition coefficient (Wildman–Crippen LogP) is 5.24. The molecule has 1 aromatic heterocycles. The monoisotopic (exact) mass is 294 g/mol. The fraction of sp³-hybridized carbons (Fsp3) is 0.833. The fourth-order valence-corrected chi connectivity index (χ4v) is 3.19. The van der Waals surface area contributed by atoms with Crippen molar-refractivity contribution in [1.29, 1.82) is 0 Å². The molecular formula is C18H34N2O. The lowest BCUT2D eigenvalue weighted by Crippen LogP contribution is -2.25. The van der Waals surface area contributed by atoms with Crippen LogP contribution in [0.1, 0.15) is 84.3 Å². The molecule has 0 aliphatic rings. The summed E-state index contributed by atoms with van der Waals surface area (Å²) < 4.78 is 7.33. The number of aryl methyl sites for hydroxylation is 1. The molecule has 1 heterocycles. The van der Waals surface area contributed by atoms with Gasteiger partial charge in [0.1, 0.15) is 0 Å². The van der Waals surface area contributed by atoms with E-state index < -0.39 is 0 Å². The summed E-state index contributed by atoms with van der Waals surface area (Å²) in [4.78, 5) is 0. The topological polar surface area (TPSA) is 27.1 Å². The highest BCUT2D eigenvalue weighted by atomic mass is 16.5. The molecule has 1 atom stereocenters. The third-order valence-corrected chi connectivity index (χ3v) is 4.60. The van der Waals surface area contributed by atoms with Crippen molar-refractivity contribution in [3.63, 3.8) is 0 Å². The molecule has 21 heavy (non-hydrogen) atoms. The number of ether oxygens (including phenoxy) is 1. The molecule has 0 aliphatic carbocycles. The van der Waals surface area contributed by atoms with Crippen LogP contribution in [0, 0.1) is 0 Å². The van der Waals surface area contributed by atoms with Crippen molar-refractivity contribution in [2.75, 3.05) is 7.11 Å². The zero-order valence-corrected chi connectivity index (χ0v) is 14.7. The van der Waals surface area contributed by atoms with E-state index in [1.807, 2.05) is 11.7 Å². The van der Waals surface area contributed by atoms with Gasteiger partial charge in [0.15, 0.2) is 0 Å². The van der Waals surface area contributed by atoms with E-state index in [4.69, 9.17) is 4.74 Å². The van der Waals surface area contributed by atoms with E-state index in [1.165, 1.54) is 63.5 Å². The standard InChI is InChI=1S/C18H34N2O/c1-6-8-10-12-14-18(3,13-11-9-7-2)16-15-17(21-5)19-20(16)4/h15H,6-14H2,1-5H3. The normalized spacial score (nSPS) is 14.1. The van der Waals surface area contributed by atoms with Gasteiger partial charge in [0.05, 0.1) is 7.11 Å². The van der Waals surface area contributed by atoms with Gasteiger partial charge in [0.2, 0.25) is 5.88 Å². The zero-order chi connectivity index (χ0) is 15.7. The number of methoxy groups -OCH3 is 1. The van der Waals surface area contributed by atoms with E-state index in [0.717, 1.165) is 5.88 Å². The van der Waals surface area contributed by atoms with Crippen molar-refractivity contribution in [1.82, 2.24) is 9.78 Å². The maximum atomic E-state index is 5.31. The highest BCUT2D eigenvalue weighted by molar-refractivity contribution is 5.23. The molecule has 0 saturated heterocycles. The molecule has 0 aliphatic heterocycles. The van der Waals surface area contributed by atoms with Gasteiger partial charge in [-0.15, -0.1) is 5.10 Å². The number of rotatable bonds is 11. The third-order valence-electron chi connectivity index (χ3n) is 4.60. The summed E-state index contributed by atoms with van der Waals surface area (Å²) in [7, 11) is 3.74. The molecular weight excluding hydrogens is 260 g/mol. The van der Waals surface area contributed by atoms with Crippen molar-refractivity contribution in [3.05, 3.63) is 11.8 Å². The molecule has 1 unspecified atom stereocenters. The highest BCUT2D eigenvalue weighted by Gasteiger charge is 2.29. The van der Waals surface area contributed by atoms with Crippen LogP contribution in [-0.4, -0.2) is 16.9 Å². The molecule has 3 heteroatoms. The van der Waals surface area contributed by atoms with Crippen molar-refractivity contribution >= 4 is 0 Å². The van der Waals surface area contributed by atoms with E-state index in [-0.39, 0.29) is 5.41 Å². The lowest BCUT2D eigenvalue weighted by molar-refractivity contribution is 0.344. The average Bonchev–Trinajstić information content (AvgIpc) is 2.86. The van der Waals surface area contributed by atoms with E-state index >= 15 is 0 Å². The largest absolute Gasteiger partial charge is 0.480 e. The molecule has 0 radical (unpaired) electrons. The quantitative estimate of drug-likeness (QED) is 0.522. The van der Waals surface area contributed by atoms with E-state index in [0.29, 0.717) is 0 Å². The lowest BCUT2D eigenvalue weighted by atomic mass is 9.77. The molecule has 0 fully saturated rings. The third kappa shape index (κ3) is 5.37. The maximum absolute atomic E-state index is 5.31.